The minimum absolute atomic E-state index is 0.0372. The van der Waals surface area contributed by atoms with Gasteiger partial charge in [0.15, 0.2) is 5.78 Å². The van der Waals surface area contributed by atoms with Gasteiger partial charge in [-0.1, -0.05) is 12.1 Å². The fourth-order valence-electron chi connectivity index (χ4n) is 3.54. The molecule has 0 radical (unpaired) electrons. The monoisotopic (exact) mass is 450 g/mol. The summed E-state index contributed by atoms with van der Waals surface area (Å²) in [7, 11) is 4.68. The Balaban J connectivity index is 1.59. The molecule has 0 unspecified atom stereocenters. The number of ether oxygens (including phenoxy) is 1. The molecule has 3 aromatic heterocycles. The number of aryl methyl sites for hydroxylation is 1. The Morgan fingerprint density at radius 3 is 2.79 bits per heavy atom. The Morgan fingerprint density at radius 1 is 1.21 bits per heavy atom. The Bertz CT molecular complexity index is 1330. The summed E-state index contributed by atoms with van der Waals surface area (Å²) < 4.78 is 21.0. The first-order valence-corrected chi connectivity index (χ1v) is 10.3. The summed E-state index contributed by atoms with van der Waals surface area (Å²) in [6.07, 6.45) is 4.92. The van der Waals surface area contributed by atoms with Crippen LogP contribution in [-0.4, -0.2) is 68.1 Å². The summed E-state index contributed by atoms with van der Waals surface area (Å²) in [5.74, 6) is 0.400. The van der Waals surface area contributed by atoms with Crippen molar-refractivity contribution in [2.24, 2.45) is 7.05 Å². The van der Waals surface area contributed by atoms with E-state index in [1.165, 1.54) is 22.8 Å². The smallest absolute Gasteiger partial charge is 0.257 e. The van der Waals surface area contributed by atoms with Gasteiger partial charge < -0.3 is 9.64 Å². The first kappa shape index (κ1) is 22.1. The van der Waals surface area contributed by atoms with Crippen molar-refractivity contribution >= 4 is 17.5 Å². The van der Waals surface area contributed by atoms with E-state index in [0.717, 1.165) is 17.0 Å². The van der Waals surface area contributed by atoms with E-state index >= 15 is 0 Å². The molecule has 0 fully saturated rings. The van der Waals surface area contributed by atoms with Crippen LogP contribution >= 0.6 is 0 Å². The molecule has 0 bridgehead atoms. The minimum atomic E-state index is -0.669. The number of hydrogen-bond acceptors (Lipinski definition) is 6. The number of imidazole rings is 1. The number of carbonyl (C=O) groups excluding carboxylic acids is 2. The third-order valence-corrected chi connectivity index (χ3v) is 5.29. The SMILES string of the molecule is COc1cccc(-c2cn3ccc(CC(=O)c4c(C(=O)N(C)CCF)cnn4C)nc3n2)c1. The summed E-state index contributed by atoms with van der Waals surface area (Å²) in [4.78, 5) is 35.9. The number of alkyl halides is 1. The molecule has 170 valence electrons. The van der Waals surface area contributed by atoms with Crippen LogP contribution in [0, 0.1) is 0 Å². The number of benzene rings is 1. The van der Waals surface area contributed by atoms with Gasteiger partial charge in [0.25, 0.3) is 5.91 Å². The molecule has 0 spiro atoms. The zero-order valence-corrected chi connectivity index (χ0v) is 18.5. The van der Waals surface area contributed by atoms with Crippen molar-refractivity contribution in [3.63, 3.8) is 0 Å². The van der Waals surface area contributed by atoms with Crippen molar-refractivity contribution in [2.75, 3.05) is 27.4 Å². The second kappa shape index (κ2) is 9.19. The zero-order valence-electron chi connectivity index (χ0n) is 18.5. The number of halogens is 1. The van der Waals surface area contributed by atoms with Gasteiger partial charge in [0.2, 0.25) is 5.78 Å². The summed E-state index contributed by atoms with van der Waals surface area (Å²) in [5.41, 5.74) is 2.41. The molecule has 0 aliphatic carbocycles. The van der Waals surface area contributed by atoms with E-state index in [1.54, 1.807) is 30.8 Å². The predicted octanol–water partition coefficient (Wildman–Crippen LogP) is 2.61. The lowest BCUT2D eigenvalue weighted by Crippen LogP contribution is -2.30. The highest BCUT2D eigenvalue weighted by Gasteiger charge is 2.24. The van der Waals surface area contributed by atoms with Gasteiger partial charge in [0.1, 0.15) is 18.1 Å². The summed E-state index contributed by atoms with van der Waals surface area (Å²) >= 11 is 0. The molecule has 3 heterocycles. The lowest BCUT2D eigenvalue weighted by molar-refractivity contribution is 0.0779. The third kappa shape index (κ3) is 4.45. The van der Waals surface area contributed by atoms with Crippen molar-refractivity contribution in [3.05, 3.63) is 65.9 Å². The van der Waals surface area contributed by atoms with Crippen LogP contribution in [0.4, 0.5) is 4.39 Å². The highest BCUT2D eigenvalue weighted by atomic mass is 19.1. The average molecular weight is 450 g/mol. The highest BCUT2D eigenvalue weighted by molar-refractivity contribution is 6.07. The number of amides is 1. The molecular weight excluding hydrogens is 427 g/mol. The van der Waals surface area contributed by atoms with Gasteiger partial charge in [0, 0.05) is 38.6 Å². The largest absolute Gasteiger partial charge is 0.497 e. The summed E-state index contributed by atoms with van der Waals surface area (Å²) in [6, 6.07) is 9.28. The maximum absolute atomic E-state index is 13.0. The molecule has 0 atom stereocenters. The number of rotatable bonds is 8. The minimum Gasteiger partial charge on any atom is -0.497 e. The topological polar surface area (TPSA) is 94.6 Å². The molecular formula is C23H23FN6O3. The number of hydrogen-bond donors (Lipinski definition) is 0. The number of Topliss-reactive ketones (excluding diaryl/α,β-unsaturated/α-hetero) is 1. The van der Waals surface area contributed by atoms with Crippen LogP contribution < -0.4 is 4.74 Å². The number of aromatic nitrogens is 5. The van der Waals surface area contributed by atoms with E-state index in [1.807, 2.05) is 30.5 Å². The van der Waals surface area contributed by atoms with Gasteiger partial charge in [-0.2, -0.15) is 5.10 Å². The van der Waals surface area contributed by atoms with Crippen LogP contribution in [0.3, 0.4) is 0 Å². The summed E-state index contributed by atoms with van der Waals surface area (Å²) in [6.45, 7) is -0.729. The van der Waals surface area contributed by atoms with E-state index in [4.69, 9.17) is 4.74 Å². The van der Waals surface area contributed by atoms with Crippen LogP contribution in [0.1, 0.15) is 26.5 Å². The fourth-order valence-corrected chi connectivity index (χ4v) is 3.54. The number of fused-ring (bicyclic) bond motifs is 1. The lowest BCUT2D eigenvalue weighted by atomic mass is 10.1. The van der Waals surface area contributed by atoms with Gasteiger partial charge in [0.05, 0.1) is 36.7 Å². The van der Waals surface area contributed by atoms with Crippen molar-refractivity contribution < 1.29 is 18.7 Å². The van der Waals surface area contributed by atoms with Gasteiger partial charge in [-0.15, -0.1) is 0 Å². The van der Waals surface area contributed by atoms with E-state index in [0.29, 0.717) is 11.5 Å². The van der Waals surface area contributed by atoms with Gasteiger partial charge >= 0.3 is 0 Å². The molecule has 4 rings (SSSR count). The Kier molecular flexibility index (Phi) is 6.16. The second-order valence-electron chi connectivity index (χ2n) is 7.53. The number of carbonyl (C=O) groups is 2. The average Bonchev–Trinajstić information content (AvgIpc) is 3.42. The van der Waals surface area contributed by atoms with Gasteiger partial charge in [-0.3, -0.25) is 18.7 Å². The zero-order chi connectivity index (χ0) is 23.5. The quantitative estimate of drug-likeness (QED) is 0.383. The molecule has 10 heteroatoms. The normalized spacial score (nSPS) is 11.0. The van der Waals surface area contributed by atoms with Crippen molar-refractivity contribution in [2.45, 2.75) is 6.42 Å². The van der Waals surface area contributed by atoms with Crippen molar-refractivity contribution in [1.29, 1.82) is 0 Å². The standard InChI is InChI=1S/C23H23FN6O3/c1-28(10-8-24)22(32)18-13-25-29(2)21(18)20(31)12-16-7-9-30-14-19(27-23(30)26-16)15-5-4-6-17(11-15)33-3/h4-7,9,11,13-14H,8,10,12H2,1-3H3. The Morgan fingerprint density at radius 2 is 2.03 bits per heavy atom. The maximum atomic E-state index is 13.0. The van der Waals surface area contributed by atoms with E-state index in [9.17, 15) is 14.0 Å². The first-order chi connectivity index (χ1) is 15.9. The van der Waals surface area contributed by atoms with Crippen LogP contribution in [0.25, 0.3) is 17.0 Å². The second-order valence-corrected chi connectivity index (χ2v) is 7.53. The Hall–Kier alpha value is -4.08. The van der Waals surface area contributed by atoms with Crippen molar-refractivity contribution in [3.8, 4) is 17.0 Å². The molecule has 1 aromatic carbocycles. The van der Waals surface area contributed by atoms with Gasteiger partial charge in [-0.05, 0) is 18.2 Å². The molecule has 1 amide bonds. The maximum Gasteiger partial charge on any atom is 0.257 e. The molecule has 0 saturated carbocycles. The molecule has 0 N–H and O–H groups in total. The number of methoxy groups -OCH3 is 1. The van der Waals surface area contributed by atoms with E-state index < -0.39 is 12.6 Å². The first-order valence-electron chi connectivity index (χ1n) is 10.3. The molecule has 0 saturated heterocycles. The van der Waals surface area contributed by atoms with E-state index in [2.05, 4.69) is 15.1 Å². The van der Waals surface area contributed by atoms with Crippen LogP contribution in [0.2, 0.25) is 0 Å². The van der Waals surface area contributed by atoms with E-state index in [-0.39, 0.29) is 30.0 Å². The predicted molar refractivity (Wildman–Crippen MR) is 119 cm³/mol. The van der Waals surface area contributed by atoms with Crippen molar-refractivity contribution in [1.82, 2.24) is 29.0 Å². The third-order valence-electron chi connectivity index (χ3n) is 5.29. The molecule has 0 aliphatic heterocycles. The molecule has 0 aliphatic rings. The van der Waals surface area contributed by atoms with Crippen LogP contribution in [0.5, 0.6) is 5.75 Å². The highest BCUT2D eigenvalue weighted by Crippen LogP contribution is 2.23. The lowest BCUT2D eigenvalue weighted by Gasteiger charge is -2.15. The molecule has 33 heavy (non-hydrogen) atoms. The molecule has 4 aromatic rings. The van der Waals surface area contributed by atoms with Crippen LogP contribution in [-0.2, 0) is 13.5 Å². The Labute approximate surface area is 189 Å². The number of ketones is 1. The van der Waals surface area contributed by atoms with Crippen LogP contribution in [0.15, 0.2) is 48.9 Å². The molecule has 9 nitrogen and oxygen atoms in total. The fraction of sp³-hybridized carbons (Fsp3) is 0.261. The summed E-state index contributed by atoms with van der Waals surface area (Å²) in [5, 5.41) is 4.05. The van der Waals surface area contributed by atoms with Gasteiger partial charge in [-0.25, -0.2) is 14.4 Å². The number of nitrogens with zero attached hydrogens (tertiary/aromatic N) is 6.